The van der Waals surface area contributed by atoms with E-state index in [0.717, 1.165) is 5.56 Å². The predicted molar refractivity (Wildman–Crippen MR) is 108 cm³/mol. The van der Waals surface area contributed by atoms with Gasteiger partial charge in [-0.25, -0.2) is 9.18 Å². The summed E-state index contributed by atoms with van der Waals surface area (Å²) < 4.78 is 21.3. The van der Waals surface area contributed by atoms with Crippen molar-refractivity contribution in [1.82, 2.24) is 20.2 Å². The molecule has 0 spiro atoms. The largest absolute Gasteiger partial charge is 0.479 e. The number of hydrogen-bond acceptors (Lipinski definition) is 5. The Morgan fingerprint density at radius 3 is 2.33 bits per heavy atom. The molecule has 0 saturated heterocycles. The van der Waals surface area contributed by atoms with Gasteiger partial charge in [0.1, 0.15) is 17.3 Å². The molecule has 7 nitrogen and oxygen atoms in total. The molecule has 1 N–H and O–H groups in total. The number of carbonyl (C=O) groups is 1. The van der Waals surface area contributed by atoms with E-state index in [1.165, 1.54) is 17.7 Å². The molecule has 1 heterocycles. The second kappa shape index (κ2) is 8.12. The lowest BCUT2D eigenvalue weighted by atomic mass is 9.98. The third-order valence-corrected chi connectivity index (χ3v) is 4.55. The van der Waals surface area contributed by atoms with Crippen molar-refractivity contribution < 1.29 is 19.0 Å². The van der Waals surface area contributed by atoms with Crippen LogP contribution in [0.25, 0.3) is 28.2 Å². The molecule has 0 amide bonds. The van der Waals surface area contributed by atoms with Gasteiger partial charge in [0.05, 0.1) is 0 Å². The van der Waals surface area contributed by atoms with Gasteiger partial charge in [0, 0.05) is 11.1 Å². The SMILES string of the molecule is CC(Oc1ccccc1-c1ccccc1-c1nnnn1-c1ccccc1F)C(=O)O. The van der Waals surface area contributed by atoms with Crippen LogP contribution in [-0.2, 0) is 4.79 Å². The summed E-state index contributed by atoms with van der Waals surface area (Å²) in [4.78, 5) is 11.2. The summed E-state index contributed by atoms with van der Waals surface area (Å²) in [5.74, 6) is -0.773. The van der Waals surface area contributed by atoms with Crippen molar-refractivity contribution in [2.45, 2.75) is 13.0 Å². The number of benzene rings is 3. The molecule has 0 saturated carbocycles. The molecule has 0 radical (unpaired) electrons. The maximum absolute atomic E-state index is 14.4. The van der Waals surface area contributed by atoms with Crippen molar-refractivity contribution in [3.05, 3.63) is 78.6 Å². The Hall–Kier alpha value is -4.07. The van der Waals surface area contributed by atoms with Gasteiger partial charge in [-0.1, -0.05) is 54.6 Å². The molecule has 0 aliphatic carbocycles. The standard InChI is InChI=1S/C22H17FN4O3/c1-14(22(28)29)30-20-13-7-4-9-16(20)15-8-2-3-10-17(15)21-24-25-26-27(21)19-12-6-5-11-18(19)23/h2-14H,1H3,(H,28,29). The van der Waals surface area contributed by atoms with Gasteiger partial charge in [0.15, 0.2) is 11.9 Å². The third kappa shape index (κ3) is 3.62. The first-order chi connectivity index (χ1) is 14.6. The molecule has 150 valence electrons. The normalized spacial score (nSPS) is 11.8. The number of nitrogens with zero attached hydrogens (tertiary/aromatic N) is 4. The number of aromatic nitrogens is 4. The van der Waals surface area contributed by atoms with Crippen LogP contribution in [0.1, 0.15) is 6.92 Å². The topological polar surface area (TPSA) is 90.1 Å². The fraction of sp³-hybridized carbons (Fsp3) is 0.0909. The summed E-state index contributed by atoms with van der Waals surface area (Å²) in [7, 11) is 0. The number of halogens is 1. The quantitative estimate of drug-likeness (QED) is 0.523. The molecule has 0 bridgehead atoms. The van der Waals surface area contributed by atoms with Crippen LogP contribution in [0.3, 0.4) is 0 Å². The zero-order valence-corrected chi connectivity index (χ0v) is 15.9. The van der Waals surface area contributed by atoms with Crippen LogP contribution in [0.4, 0.5) is 4.39 Å². The van der Waals surface area contributed by atoms with Crippen molar-refractivity contribution in [3.8, 4) is 34.0 Å². The van der Waals surface area contributed by atoms with Crippen LogP contribution in [0.2, 0.25) is 0 Å². The minimum absolute atomic E-state index is 0.219. The highest BCUT2D eigenvalue weighted by Gasteiger charge is 2.20. The average molecular weight is 404 g/mol. The van der Waals surface area contributed by atoms with Gasteiger partial charge in [-0.3, -0.25) is 0 Å². The van der Waals surface area contributed by atoms with Crippen LogP contribution in [0.5, 0.6) is 5.75 Å². The fourth-order valence-corrected chi connectivity index (χ4v) is 3.09. The molecule has 1 unspecified atom stereocenters. The fourth-order valence-electron chi connectivity index (χ4n) is 3.09. The van der Waals surface area contributed by atoms with Crippen molar-refractivity contribution in [1.29, 1.82) is 0 Å². The highest BCUT2D eigenvalue weighted by molar-refractivity contribution is 5.84. The first kappa shape index (κ1) is 19.3. The van der Waals surface area contributed by atoms with Gasteiger partial charge < -0.3 is 9.84 Å². The first-order valence-corrected chi connectivity index (χ1v) is 9.18. The Kier molecular flexibility index (Phi) is 5.21. The zero-order chi connectivity index (χ0) is 21.1. The van der Waals surface area contributed by atoms with E-state index in [0.29, 0.717) is 22.7 Å². The van der Waals surface area contributed by atoms with Crippen LogP contribution < -0.4 is 4.74 Å². The maximum atomic E-state index is 14.4. The molecule has 0 aliphatic heterocycles. The lowest BCUT2D eigenvalue weighted by molar-refractivity contribution is -0.144. The lowest BCUT2D eigenvalue weighted by Crippen LogP contribution is -2.23. The number of ether oxygens (including phenoxy) is 1. The summed E-state index contributed by atoms with van der Waals surface area (Å²) in [5.41, 5.74) is 2.25. The second-order valence-corrected chi connectivity index (χ2v) is 6.51. The van der Waals surface area contributed by atoms with E-state index < -0.39 is 17.9 Å². The van der Waals surface area contributed by atoms with E-state index in [1.807, 2.05) is 36.4 Å². The van der Waals surface area contributed by atoms with E-state index in [9.17, 15) is 14.3 Å². The van der Waals surface area contributed by atoms with E-state index in [1.54, 1.807) is 30.3 Å². The molecule has 0 aliphatic rings. The van der Waals surface area contributed by atoms with Crippen molar-refractivity contribution in [3.63, 3.8) is 0 Å². The minimum atomic E-state index is -1.07. The second-order valence-electron chi connectivity index (χ2n) is 6.51. The molecule has 3 aromatic carbocycles. The van der Waals surface area contributed by atoms with Crippen LogP contribution in [-0.4, -0.2) is 37.4 Å². The Balaban J connectivity index is 1.85. The van der Waals surface area contributed by atoms with Gasteiger partial charge in [-0.15, -0.1) is 5.10 Å². The van der Waals surface area contributed by atoms with E-state index >= 15 is 0 Å². The van der Waals surface area contributed by atoms with E-state index in [4.69, 9.17) is 4.74 Å². The number of aliphatic carboxylic acids is 1. The van der Waals surface area contributed by atoms with Crippen LogP contribution >= 0.6 is 0 Å². The summed E-state index contributed by atoms with van der Waals surface area (Å²) in [6.45, 7) is 1.46. The van der Waals surface area contributed by atoms with Crippen molar-refractivity contribution >= 4 is 5.97 Å². The Bertz CT molecular complexity index is 1210. The van der Waals surface area contributed by atoms with Gasteiger partial charge in [0.2, 0.25) is 0 Å². The highest BCUT2D eigenvalue weighted by Crippen LogP contribution is 2.37. The smallest absolute Gasteiger partial charge is 0.344 e. The van der Waals surface area contributed by atoms with Crippen LogP contribution in [0, 0.1) is 5.82 Å². The number of tetrazole rings is 1. The Morgan fingerprint density at radius 2 is 1.60 bits per heavy atom. The number of rotatable bonds is 6. The number of carboxylic acid groups (broad SMARTS) is 1. The Labute approximate surface area is 171 Å². The van der Waals surface area contributed by atoms with Crippen LogP contribution in [0.15, 0.2) is 72.8 Å². The third-order valence-electron chi connectivity index (χ3n) is 4.55. The van der Waals surface area contributed by atoms with E-state index in [-0.39, 0.29) is 5.69 Å². The zero-order valence-electron chi connectivity index (χ0n) is 15.9. The number of carboxylic acids is 1. The molecule has 4 aromatic rings. The highest BCUT2D eigenvalue weighted by atomic mass is 19.1. The van der Waals surface area contributed by atoms with Crippen molar-refractivity contribution in [2.75, 3.05) is 0 Å². The molecule has 1 aromatic heterocycles. The van der Waals surface area contributed by atoms with Gasteiger partial charge in [0.25, 0.3) is 0 Å². The molecular weight excluding hydrogens is 387 g/mol. The van der Waals surface area contributed by atoms with Gasteiger partial charge in [-0.05, 0) is 41.1 Å². The summed E-state index contributed by atoms with van der Waals surface area (Å²) in [6, 6.07) is 20.6. The molecular formula is C22H17FN4O3. The number of para-hydroxylation sites is 2. The number of hydrogen-bond donors (Lipinski definition) is 1. The molecule has 1 atom stereocenters. The minimum Gasteiger partial charge on any atom is -0.479 e. The molecule has 0 fully saturated rings. The maximum Gasteiger partial charge on any atom is 0.344 e. The lowest BCUT2D eigenvalue weighted by Gasteiger charge is -2.16. The van der Waals surface area contributed by atoms with Gasteiger partial charge in [-0.2, -0.15) is 4.68 Å². The summed E-state index contributed by atoms with van der Waals surface area (Å²) >= 11 is 0. The van der Waals surface area contributed by atoms with E-state index in [2.05, 4.69) is 15.5 Å². The Morgan fingerprint density at radius 1 is 0.967 bits per heavy atom. The summed E-state index contributed by atoms with van der Waals surface area (Å²) in [6.07, 6.45) is -1.03. The van der Waals surface area contributed by atoms with Gasteiger partial charge >= 0.3 is 5.97 Å². The molecule has 30 heavy (non-hydrogen) atoms. The monoisotopic (exact) mass is 404 g/mol. The van der Waals surface area contributed by atoms with Crippen molar-refractivity contribution in [2.24, 2.45) is 0 Å². The first-order valence-electron chi connectivity index (χ1n) is 9.18. The average Bonchev–Trinajstić information content (AvgIpc) is 3.24. The molecule has 8 heteroatoms. The molecule has 4 rings (SSSR count). The summed E-state index contributed by atoms with van der Waals surface area (Å²) in [5, 5.41) is 21.0. The predicted octanol–water partition coefficient (Wildman–Crippen LogP) is 3.99.